The van der Waals surface area contributed by atoms with Crippen LogP contribution in [0, 0.1) is 6.92 Å². The van der Waals surface area contributed by atoms with Crippen molar-refractivity contribution >= 4 is 10.8 Å². The smallest absolute Gasteiger partial charge is 0.229 e. The molecule has 3 aliphatic rings. The van der Waals surface area contributed by atoms with Crippen LogP contribution in [0.15, 0.2) is 24.3 Å². The zero-order valence-corrected chi connectivity index (χ0v) is 22.9. The maximum Gasteiger partial charge on any atom is 0.229 e. The van der Waals surface area contributed by atoms with Gasteiger partial charge in [0.1, 0.15) is 78.3 Å². The number of aliphatic hydroxyl groups excluding tert-OH is 8. The Bertz CT molecular complexity index is 1260. The highest BCUT2D eigenvalue weighted by Gasteiger charge is 2.48. The molecule has 43 heavy (non-hydrogen) atoms. The standard InChI is InChI=1S/C27H36O16/c1-9-4-10-11(28)2-3-15(17(10)12(29)5-9)41-27-22(36)20(34)19(33)16(42-27)8-40-25-23(37)24(14(31)7-38-25)43-26-21(35)18(32)13(30)6-39-26/h2-5,13-14,16,18-37H,6-8H2,1H3/t13-,14-,16-,18+,19-,20+,21-,22-,23-,24+,25+,26+,27-/m1/s1. The second-order valence-corrected chi connectivity index (χ2v) is 10.9. The first-order chi connectivity index (χ1) is 20.4. The van der Waals surface area contributed by atoms with E-state index in [4.69, 9.17) is 28.4 Å². The molecule has 0 bridgehead atoms. The van der Waals surface area contributed by atoms with E-state index in [1.54, 1.807) is 13.0 Å². The summed E-state index contributed by atoms with van der Waals surface area (Å²) in [5.74, 6) is -0.349. The molecule has 3 heterocycles. The van der Waals surface area contributed by atoms with Gasteiger partial charge in [0.15, 0.2) is 12.6 Å². The number of aryl methyl sites for hydroxylation is 1. The van der Waals surface area contributed by atoms with E-state index in [2.05, 4.69) is 0 Å². The van der Waals surface area contributed by atoms with Gasteiger partial charge in [0, 0.05) is 5.39 Å². The number of phenols is 2. The molecular weight excluding hydrogens is 580 g/mol. The predicted molar refractivity (Wildman–Crippen MR) is 140 cm³/mol. The lowest BCUT2D eigenvalue weighted by atomic mass is 9.99. The Labute approximate surface area is 244 Å². The van der Waals surface area contributed by atoms with Crippen molar-refractivity contribution in [1.82, 2.24) is 0 Å². The van der Waals surface area contributed by atoms with E-state index < -0.39 is 93.1 Å². The van der Waals surface area contributed by atoms with Gasteiger partial charge < -0.3 is 79.5 Å². The largest absolute Gasteiger partial charge is 0.507 e. The molecule has 0 amide bonds. The minimum atomic E-state index is -1.77. The van der Waals surface area contributed by atoms with Gasteiger partial charge >= 0.3 is 0 Å². The van der Waals surface area contributed by atoms with Gasteiger partial charge in [-0.15, -0.1) is 0 Å². The summed E-state index contributed by atoms with van der Waals surface area (Å²) in [6, 6.07) is 5.70. The minimum Gasteiger partial charge on any atom is -0.507 e. The lowest BCUT2D eigenvalue weighted by molar-refractivity contribution is -0.341. The number of hydrogen-bond acceptors (Lipinski definition) is 16. The van der Waals surface area contributed by atoms with E-state index in [9.17, 15) is 51.1 Å². The van der Waals surface area contributed by atoms with Crippen LogP contribution in [-0.4, -0.2) is 151 Å². The predicted octanol–water partition coefficient (Wildman–Crippen LogP) is -3.34. The second kappa shape index (κ2) is 12.9. The molecule has 16 nitrogen and oxygen atoms in total. The van der Waals surface area contributed by atoms with Crippen molar-refractivity contribution in [2.24, 2.45) is 0 Å². The first-order valence-electron chi connectivity index (χ1n) is 13.6. The molecule has 0 spiro atoms. The van der Waals surface area contributed by atoms with Gasteiger partial charge in [-0.05, 0) is 36.8 Å². The second-order valence-electron chi connectivity index (χ2n) is 10.9. The van der Waals surface area contributed by atoms with E-state index >= 15 is 0 Å². The minimum absolute atomic E-state index is 0.00220. The molecule has 0 aromatic heterocycles. The SMILES string of the molecule is Cc1cc(O)c2c(O[C@@H]3O[C@H](CO[C@@H]4OC[C@@H](O)[C@H](O[C@@H]5OC[C@@H](O)[C@H](O)[C@H]5O)[C@H]4O)[C@@H](O)[C@H](O)[C@H]3O)ccc(O)c2c1. The topological polar surface area (TPSA) is 258 Å². The molecule has 16 heteroatoms. The molecule has 240 valence electrons. The Morgan fingerprint density at radius 2 is 1.40 bits per heavy atom. The molecule has 0 unspecified atom stereocenters. The fourth-order valence-corrected chi connectivity index (χ4v) is 5.26. The van der Waals surface area contributed by atoms with Gasteiger partial charge in [0.05, 0.1) is 25.2 Å². The molecule has 0 radical (unpaired) electrons. The first kappa shape index (κ1) is 32.0. The molecule has 3 saturated heterocycles. The summed E-state index contributed by atoms with van der Waals surface area (Å²) in [4.78, 5) is 0. The third-order valence-electron chi connectivity index (χ3n) is 7.68. The average molecular weight is 617 g/mol. The maximum absolute atomic E-state index is 10.8. The molecule has 10 N–H and O–H groups in total. The van der Waals surface area contributed by atoms with Crippen molar-refractivity contribution in [3.63, 3.8) is 0 Å². The summed E-state index contributed by atoms with van der Waals surface area (Å²) in [5.41, 5.74) is 0.660. The lowest BCUT2D eigenvalue weighted by Gasteiger charge is -2.43. The monoisotopic (exact) mass is 616 g/mol. The highest BCUT2D eigenvalue weighted by atomic mass is 16.7. The third kappa shape index (κ3) is 6.38. The van der Waals surface area contributed by atoms with Crippen LogP contribution in [0.5, 0.6) is 17.2 Å². The summed E-state index contributed by atoms with van der Waals surface area (Å²) in [5, 5.41) is 104. The Kier molecular flexibility index (Phi) is 9.60. The summed E-state index contributed by atoms with van der Waals surface area (Å²) in [7, 11) is 0. The summed E-state index contributed by atoms with van der Waals surface area (Å²) in [6.07, 6.45) is -20.2. The van der Waals surface area contributed by atoms with Crippen LogP contribution in [0.25, 0.3) is 10.8 Å². The van der Waals surface area contributed by atoms with Crippen LogP contribution in [0.1, 0.15) is 5.56 Å². The van der Waals surface area contributed by atoms with E-state index in [0.29, 0.717) is 5.56 Å². The molecule has 13 atom stereocenters. The number of hydrogen-bond donors (Lipinski definition) is 10. The Hall–Kier alpha value is -2.42. The normalized spacial score (nSPS) is 40.4. The van der Waals surface area contributed by atoms with Crippen LogP contribution in [0.4, 0.5) is 0 Å². The van der Waals surface area contributed by atoms with E-state index in [1.807, 2.05) is 0 Å². The zero-order chi connectivity index (χ0) is 31.2. The Morgan fingerprint density at radius 3 is 2.14 bits per heavy atom. The quantitative estimate of drug-likeness (QED) is 0.146. The summed E-state index contributed by atoms with van der Waals surface area (Å²) < 4.78 is 33.0. The van der Waals surface area contributed by atoms with Crippen LogP contribution < -0.4 is 4.74 Å². The fraction of sp³-hybridized carbons (Fsp3) is 0.630. The maximum atomic E-state index is 10.8. The summed E-state index contributed by atoms with van der Waals surface area (Å²) in [6.45, 7) is 0.432. The molecule has 0 saturated carbocycles. The highest BCUT2D eigenvalue weighted by molar-refractivity contribution is 5.98. The number of aliphatic hydroxyl groups is 8. The van der Waals surface area contributed by atoms with Crippen molar-refractivity contribution in [3.05, 3.63) is 29.8 Å². The molecule has 3 fully saturated rings. The molecular formula is C27H36O16. The van der Waals surface area contributed by atoms with Crippen molar-refractivity contribution in [3.8, 4) is 17.2 Å². The number of fused-ring (bicyclic) bond motifs is 1. The van der Waals surface area contributed by atoms with Crippen molar-refractivity contribution in [1.29, 1.82) is 0 Å². The molecule has 2 aromatic rings. The van der Waals surface area contributed by atoms with Crippen LogP contribution in [-0.2, 0) is 23.7 Å². The number of benzene rings is 2. The van der Waals surface area contributed by atoms with Crippen molar-refractivity contribution in [2.45, 2.75) is 86.8 Å². The van der Waals surface area contributed by atoms with Gasteiger partial charge in [-0.1, -0.05) is 0 Å². The van der Waals surface area contributed by atoms with Gasteiger partial charge in [-0.3, -0.25) is 0 Å². The summed E-state index contributed by atoms with van der Waals surface area (Å²) >= 11 is 0. The van der Waals surface area contributed by atoms with Gasteiger partial charge in [-0.25, -0.2) is 0 Å². The molecule has 3 aliphatic heterocycles. The van der Waals surface area contributed by atoms with Crippen LogP contribution in [0.2, 0.25) is 0 Å². The third-order valence-corrected chi connectivity index (χ3v) is 7.68. The lowest BCUT2D eigenvalue weighted by Crippen LogP contribution is -2.62. The number of rotatable bonds is 7. The van der Waals surface area contributed by atoms with Gasteiger partial charge in [-0.2, -0.15) is 0 Å². The van der Waals surface area contributed by atoms with Crippen LogP contribution in [0.3, 0.4) is 0 Å². The Morgan fingerprint density at radius 1 is 0.721 bits per heavy atom. The number of phenolic OH excluding ortho intramolecular Hbond substituents is 2. The molecule has 5 rings (SSSR count). The number of ether oxygens (including phenoxy) is 6. The Balaban J connectivity index is 1.26. The highest BCUT2D eigenvalue weighted by Crippen LogP contribution is 2.40. The van der Waals surface area contributed by atoms with E-state index in [-0.39, 0.29) is 34.6 Å². The fourth-order valence-electron chi connectivity index (χ4n) is 5.26. The van der Waals surface area contributed by atoms with Crippen LogP contribution >= 0.6 is 0 Å². The molecule has 2 aromatic carbocycles. The molecule has 0 aliphatic carbocycles. The average Bonchev–Trinajstić information content (AvgIpc) is 2.96. The zero-order valence-electron chi connectivity index (χ0n) is 22.9. The van der Waals surface area contributed by atoms with Crippen molar-refractivity contribution < 1.29 is 79.5 Å². The number of aromatic hydroxyl groups is 2. The van der Waals surface area contributed by atoms with E-state index in [1.165, 1.54) is 18.2 Å². The first-order valence-corrected chi connectivity index (χ1v) is 13.6. The van der Waals surface area contributed by atoms with E-state index in [0.717, 1.165) is 0 Å². The van der Waals surface area contributed by atoms with Gasteiger partial charge in [0.25, 0.3) is 0 Å². The van der Waals surface area contributed by atoms with Crippen molar-refractivity contribution in [2.75, 3.05) is 19.8 Å². The van der Waals surface area contributed by atoms with Gasteiger partial charge in [0.2, 0.25) is 6.29 Å².